The molecule has 0 bridgehead atoms. The molecule has 0 amide bonds. The minimum absolute atomic E-state index is 0. The second-order valence-corrected chi connectivity index (χ2v) is 3.34. The molecule has 1 atom stereocenters. The van der Waals surface area contributed by atoms with E-state index in [9.17, 15) is 0 Å². The molecule has 4 heteroatoms. The van der Waals surface area contributed by atoms with Crippen molar-refractivity contribution < 1.29 is 0 Å². The Hall–Kier alpha value is -0.310. The molecule has 2 nitrogen and oxygen atoms in total. The minimum atomic E-state index is 0. The van der Waals surface area contributed by atoms with E-state index in [1.165, 1.54) is 24.1 Å². The van der Waals surface area contributed by atoms with Crippen LogP contribution in [0.2, 0.25) is 0 Å². The lowest BCUT2D eigenvalue weighted by Crippen LogP contribution is -2.31. The summed E-state index contributed by atoms with van der Waals surface area (Å²) in [5, 5.41) is 3.30. The van der Waals surface area contributed by atoms with E-state index in [0.717, 1.165) is 6.42 Å². The number of hydrogen-bond donors (Lipinski definition) is 1. The molecule has 0 aromatic carbocycles. The number of fused-ring (bicyclic) bond motifs is 1. The van der Waals surface area contributed by atoms with Gasteiger partial charge in [0.2, 0.25) is 0 Å². The summed E-state index contributed by atoms with van der Waals surface area (Å²) in [7, 11) is 2.03. The molecule has 14 heavy (non-hydrogen) atoms. The van der Waals surface area contributed by atoms with Crippen LogP contribution in [0.1, 0.15) is 17.7 Å². The Morgan fingerprint density at radius 2 is 2.21 bits per heavy atom. The molecule has 0 fully saturated rings. The van der Waals surface area contributed by atoms with E-state index in [0.29, 0.717) is 6.04 Å². The number of nitrogens with zero attached hydrogens (tertiary/aromatic N) is 1. The summed E-state index contributed by atoms with van der Waals surface area (Å²) in [5.74, 6) is 0. The number of pyridine rings is 1. The average Bonchev–Trinajstić information content (AvgIpc) is 2.17. The van der Waals surface area contributed by atoms with Gasteiger partial charge in [-0.15, -0.1) is 24.8 Å². The van der Waals surface area contributed by atoms with E-state index in [1.54, 1.807) is 0 Å². The zero-order chi connectivity index (χ0) is 8.39. The predicted molar refractivity (Wildman–Crippen MR) is 63.6 cm³/mol. The van der Waals surface area contributed by atoms with Gasteiger partial charge in [0, 0.05) is 24.4 Å². The van der Waals surface area contributed by atoms with Gasteiger partial charge >= 0.3 is 0 Å². The molecule has 0 aliphatic heterocycles. The van der Waals surface area contributed by atoms with Crippen LogP contribution in [0.4, 0.5) is 0 Å². The highest BCUT2D eigenvalue weighted by Crippen LogP contribution is 2.18. The van der Waals surface area contributed by atoms with E-state index in [-0.39, 0.29) is 24.8 Å². The summed E-state index contributed by atoms with van der Waals surface area (Å²) < 4.78 is 0. The third kappa shape index (κ3) is 2.84. The summed E-state index contributed by atoms with van der Waals surface area (Å²) in [6, 6.07) is 4.85. The summed E-state index contributed by atoms with van der Waals surface area (Å²) >= 11 is 0. The summed E-state index contributed by atoms with van der Waals surface area (Å²) in [4.78, 5) is 4.38. The number of hydrogen-bond acceptors (Lipinski definition) is 2. The predicted octanol–water partition coefficient (Wildman–Crippen LogP) is 2.00. The van der Waals surface area contributed by atoms with Crippen LogP contribution in [0.25, 0.3) is 0 Å². The molecule has 1 aliphatic rings. The smallest absolute Gasteiger partial charge is 0.0451 e. The first-order chi connectivity index (χ1) is 5.90. The summed E-state index contributed by atoms with van der Waals surface area (Å²) in [6.45, 7) is 0. The SMILES string of the molecule is CNC1CCc2cccnc2C1.Cl.Cl. The van der Waals surface area contributed by atoms with Crippen molar-refractivity contribution in [3.05, 3.63) is 29.6 Å². The number of aryl methyl sites for hydroxylation is 1. The fraction of sp³-hybridized carbons (Fsp3) is 0.500. The Bertz CT molecular complexity index is 279. The van der Waals surface area contributed by atoms with Gasteiger partial charge in [0.15, 0.2) is 0 Å². The highest BCUT2D eigenvalue weighted by atomic mass is 35.5. The zero-order valence-electron chi connectivity index (χ0n) is 8.19. The molecular formula is C10H16Cl2N2. The van der Waals surface area contributed by atoms with Crippen LogP contribution < -0.4 is 5.32 Å². The first-order valence-corrected chi connectivity index (χ1v) is 4.50. The largest absolute Gasteiger partial charge is 0.317 e. The monoisotopic (exact) mass is 234 g/mol. The Kier molecular flexibility index (Phi) is 6.09. The zero-order valence-corrected chi connectivity index (χ0v) is 9.83. The molecule has 1 aromatic rings. The van der Waals surface area contributed by atoms with Crippen molar-refractivity contribution in [2.24, 2.45) is 0 Å². The quantitative estimate of drug-likeness (QED) is 0.805. The lowest BCUT2D eigenvalue weighted by molar-refractivity contribution is 0.489. The van der Waals surface area contributed by atoms with Gasteiger partial charge in [-0.1, -0.05) is 6.07 Å². The first kappa shape index (κ1) is 13.7. The molecule has 2 rings (SSSR count). The fourth-order valence-corrected chi connectivity index (χ4v) is 1.79. The van der Waals surface area contributed by atoms with E-state index >= 15 is 0 Å². The molecule has 0 saturated carbocycles. The second kappa shape index (κ2) is 6.23. The molecule has 0 spiro atoms. The van der Waals surface area contributed by atoms with Crippen molar-refractivity contribution in [1.82, 2.24) is 10.3 Å². The van der Waals surface area contributed by atoms with Gasteiger partial charge < -0.3 is 5.32 Å². The Morgan fingerprint density at radius 3 is 2.93 bits per heavy atom. The van der Waals surface area contributed by atoms with Gasteiger partial charge in [0.05, 0.1) is 0 Å². The van der Waals surface area contributed by atoms with Crippen LogP contribution in [0.15, 0.2) is 18.3 Å². The normalized spacial score (nSPS) is 18.8. The molecule has 0 radical (unpaired) electrons. The van der Waals surface area contributed by atoms with Crippen molar-refractivity contribution in [3.63, 3.8) is 0 Å². The molecule has 1 aliphatic carbocycles. The fourth-order valence-electron chi connectivity index (χ4n) is 1.79. The first-order valence-electron chi connectivity index (χ1n) is 4.50. The molecule has 1 N–H and O–H groups in total. The van der Waals surface area contributed by atoms with E-state index in [2.05, 4.69) is 16.4 Å². The summed E-state index contributed by atoms with van der Waals surface area (Å²) in [5.41, 5.74) is 2.71. The standard InChI is InChI=1S/C10H14N2.2ClH/c1-11-9-5-4-8-3-2-6-12-10(8)7-9;;/h2-3,6,9,11H,4-5,7H2,1H3;2*1H. The van der Waals surface area contributed by atoms with Crippen molar-refractivity contribution in [2.75, 3.05) is 7.05 Å². The van der Waals surface area contributed by atoms with Gasteiger partial charge in [0.1, 0.15) is 0 Å². The number of aromatic nitrogens is 1. The van der Waals surface area contributed by atoms with Crippen LogP contribution in [-0.2, 0) is 12.8 Å². The van der Waals surface area contributed by atoms with Gasteiger partial charge in [-0.3, -0.25) is 4.98 Å². The second-order valence-electron chi connectivity index (χ2n) is 3.34. The van der Waals surface area contributed by atoms with Crippen LogP contribution in [0, 0.1) is 0 Å². The highest BCUT2D eigenvalue weighted by molar-refractivity contribution is 5.85. The van der Waals surface area contributed by atoms with Crippen molar-refractivity contribution >= 4 is 24.8 Å². The molecule has 0 saturated heterocycles. The van der Waals surface area contributed by atoms with E-state index < -0.39 is 0 Å². The topological polar surface area (TPSA) is 24.9 Å². The third-order valence-electron chi connectivity index (χ3n) is 2.59. The highest BCUT2D eigenvalue weighted by Gasteiger charge is 2.16. The van der Waals surface area contributed by atoms with E-state index in [4.69, 9.17) is 0 Å². The average molecular weight is 235 g/mol. The van der Waals surface area contributed by atoms with Crippen molar-refractivity contribution in [1.29, 1.82) is 0 Å². The molecule has 1 heterocycles. The van der Waals surface area contributed by atoms with Crippen molar-refractivity contribution in [3.8, 4) is 0 Å². The van der Waals surface area contributed by atoms with Crippen LogP contribution >= 0.6 is 24.8 Å². The van der Waals surface area contributed by atoms with Gasteiger partial charge in [-0.2, -0.15) is 0 Å². The lowest BCUT2D eigenvalue weighted by atomic mass is 9.92. The Labute approximate surface area is 97.3 Å². The van der Waals surface area contributed by atoms with Crippen LogP contribution in [0.5, 0.6) is 0 Å². The minimum Gasteiger partial charge on any atom is -0.317 e. The maximum Gasteiger partial charge on any atom is 0.0451 e. The maximum atomic E-state index is 4.38. The van der Waals surface area contributed by atoms with E-state index in [1.807, 2.05) is 19.3 Å². The number of halogens is 2. The molecule has 1 aromatic heterocycles. The third-order valence-corrected chi connectivity index (χ3v) is 2.59. The number of rotatable bonds is 1. The number of nitrogens with one attached hydrogen (secondary N) is 1. The van der Waals surface area contributed by atoms with Gasteiger partial charge in [-0.25, -0.2) is 0 Å². The molecule has 1 unspecified atom stereocenters. The Morgan fingerprint density at radius 1 is 1.43 bits per heavy atom. The van der Waals surface area contributed by atoms with Gasteiger partial charge in [-0.05, 0) is 31.5 Å². The molecular weight excluding hydrogens is 219 g/mol. The Balaban J connectivity index is 0.000000845. The molecule has 80 valence electrons. The van der Waals surface area contributed by atoms with Crippen molar-refractivity contribution in [2.45, 2.75) is 25.3 Å². The number of likely N-dealkylation sites (N-methyl/N-ethyl adjacent to an activating group) is 1. The van der Waals surface area contributed by atoms with Crippen LogP contribution in [-0.4, -0.2) is 18.1 Å². The van der Waals surface area contributed by atoms with Crippen LogP contribution in [0.3, 0.4) is 0 Å². The lowest BCUT2D eigenvalue weighted by Gasteiger charge is -2.22. The maximum absolute atomic E-state index is 4.38. The van der Waals surface area contributed by atoms with Gasteiger partial charge in [0.25, 0.3) is 0 Å². The summed E-state index contributed by atoms with van der Waals surface area (Å²) in [6.07, 6.45) is 5.40.